The van der Waals surface area contributed by atoms with Crippen LogP contribution in [0.3, 0.4) is 0 Å². The van der Waals surface area contributed by atoms with E-state index >= 15 is 8.78 Å². The second kappa shape index (κ2) is 10.5. The van der Waals surface area contributed by atoms with Gasteiger partial charge in [-0.15, -0.1) is 0 Å². The maximum atomic E-state index is 15.9. The van der Waals surface area contributed by atoms with Crippen LogP contribution in [-0.4, -0.2) is 76.4 Å². The van der Waals surface area contributed by atoms with Gasteiger partial charge in [-0.1, -0.05) is 18.2 Å². The van der Waals surface area contributed by atoms with Crippen molar-refractivity contribution < 1.29 is 32.2 Å². The highest BCUT2D eigenvalue weighted by Gasteiger charge is 2.45. The third-order valence-electron chi connectivity index (χ3n) is 8.46. The number of alkyl halides is 3. The highest BCUT2D eigenvalue weighted by Crippen LogP contribution is 2.45. The largest absolute Gasteiger partial charge is 0.390 e. The second-order valence-corrected chi connectivity index (χ2v) is 11.2. The predicted octanol–water partition coefficient (Wildman–Crippen LogP) is 4.91. The molecule has 0 radical (unpaired) electrons. The zero-order valence-corrected chi connectivity index (χ0v) is 22.0. The molecule has 0 bridgehead atoms. The van der Waals surface area contributed by atoms with E-state index in [4.69, 9.17) is 0 Å². The van der Waals surface area contributed by atoms with Gasteiger partial charge in [0.05, 0.1) is 24.9 Å². The second-order valence-electron chi connectivity index (χ2n) is 11.2. The quantitative estimate of drug-likeness (QED) is 0.331. The Hall–Kier alpha value is -2.53. The molecule has 2 aliphatic rings. The lowest BCUT2D eigenvalue weighted by Gasteiger charge is -2.47. The zero-order chi connectivity index (χ0) is 28.1. The van der Waals surface area contributed by atoms with Gasteiger partial charge in [0.25, 0.3) is 5.92 Å². The van der Waals surface area contributed by atoms with Crippen LogP contribution in [0.25, 0.3) is 10.9 Å². The monoisotopic (exact) mass is 551 g/mol. The maximum absolute atomic E-state index is 15.9. The lowest BCUT2D eigenvalue weighted by atomic mass is 9.77. The van der Waals surface area contributed by atoms with Crippen molar-refractivity contribution in [2.45, 2.75) is 50.3 Å². The molecule has 2 aromatic carbocycles. The van der Waals surface area contributed by atoms with Crippen molar-refractivity contribution in [1.29, 1.82) is 0 Å². The van der Waals surface area contributed by atoms with Crippen molar-refractivity contribution in [3.05, 3.63) is 70.4 Å². The average molecular weight is 552 g/mol. The van der Waals surface area contributed by atoms with Crippen LogP contribution in [0.2, 0.25) is 0 Å². The Balaban J connectivity index is 1.56. The molecular weight excluding hydrogens is 517 g/mol. The van der Waals surface area contributed by atoms with Crippen molar-refractivity contribution >= 4 is 10.9 Å². The molecule has 39 heavy (non-hydrogen) atoms. The summed E-state index contributed by atoms with van der Waals surface area (Å²) in [5.74, 6) is -5.67. The zero-order valence-electron chi connectivity index (χ0n) is 22.0. The van der Waals surface area contributed by atoms with Gasteiger partial charge in [0.15, 0.2) is 0 Å². The summed E-state index contributed by atoms with van der Waals surface area (Å²) < 4.78 is 73.4. The summed E-state index contributed by atoms with van der Waals surface area (Å²) >= 11 is 0. The molecule has 1 saturated heterocycles. The first-order valence-corrected chi connectivity index (χ1v) is 13.3. The smallest absolute Gasteiger partial charge is 0.283 e. The normalized spacial score (nSPS) is 22.6. The number of nitrogens with zero attached hydrogens (tertiary/aromatic N) is 2. The van der Waals surface area contributed by atoms with E-state index in [1.165, 1.54) is 11.8 Å². The molecule has 0 amide bonds. The SMILES string of the molecule is C[C@@H]1Cc2c([nH]c3ccccc23)[C@@H](c2c(F)cc(C(C)(O)C3CN(CCCF)C3)cc2F)N1CC(F)(F)CO. The minimum absolute atomic E-state index is 0.0596. The van der Waals surface area contributed by atoms with E-state index < -0.39 is 55.1 Å². The number of H-pyrrole nitrogens is 1. The van der Waals surface area contributed by atoms with Crippen LogP contribution in [-0.2, 0) is 12.0 Å². The van der Waals surface area contributed by atoms with Crippen molar-refractivity contribution in [2.75, 3.05) is 39.5 Å². The molecule has 3 heterocycles. The molecule has 0 spiro atoms. The molecule has 212 valence electrons. The number of aromatic nitrogens is 1. The van der Waals surface area contributed by atoms with Gasteiger partial charge < -0.3 is 20.1 Å². The summed E-state index contributed by atoms with van der Waals surface area (Å²) in [6.45, 7) is 2.01. The van der Waals surface area contributed by atoms with Gasteiger partial charge in [-0.25, -0.2) is 17.6 Å². The van der Waals surface area contributed by atoms with E-state index in [1.54, 1.807) is 6.92 Å². The first kappa shape index (κ1) is 28.0. The summed E-state index contributed by atoms with van der Waals surface area (Å²) in [6.07, 6.45) is 0.766. The number of likely N-dealkylation sites (tertiary alicyclic amines) is 1. The maximum Gasteiger partial charge on any atom is 0.283 e. The van der Waals surface area contributed by atoms with Crippen molar-refractivity contribution in [3.63, 3.8) is 0 Å². The number of aliphatic hydroxyl groups excluding tert-OH is 1. The molecule has 5 rings (SSSR count). The molecule has 2 aliphatic heterocycles. The Morgan fingerprint density at radius 1 is 1.10 bits per heavy atom. The lowest BCUT2D eigenvalue weighted by Crippen LogP contribution is -2.55. The highest BCUT2D eigenvalue weighted by atomic mass is 19.3. The fourth-order valence-electron chi connectivity index (χ4n) is 6.15. The Morgan fingerprint density at radius 3 is 2.41 bits per heavy atom. The van der Waals surface area contributed by atoms with Gasteiger partial charge in [0.2, 0.25) is 0 Å². The average Bonchev–Trinajstić information content (AvgIpc) is 3.22. The van der Waals surface area contributed by atoms with Crippen LogP contribution in [0.4, 0.5) is 22.0 Å². The van der Waals surface area contributed by atoms with Gasteiger partial charge in [0, 0.05) is 53.8 Å². The number of rotatable bonds is 9. The minimum Gasteiger partial charge on any atom is -0.390 e. The predicted molar refractivity (Wildman–Crippen MR) is 138 cm³/mol. The van der Waals surface area contributed by atoms with E-state index in [1.807, 2.05) is 29.2 Å². The van der Waals surface area contributed by atoms with E-state index in [0.29, 0.717) is 38.2 Å². The van der Waals surface area contributed by atoms with Crippen molar-refractivity contribution in [3.8, 4) is 0 Å². The number of aromatic amines is 1. The van der Waals surface area contributed by atoms with Gasteiger partial charge >= 0.3 is 0 Å². The number of halogens is 5. The molecule has 1 aromatic heterocycles. The number of hydrogen-bond acceptors (Lipinski definition) is 4. The van der Waals surface area contributed by atoms with Crippen LogP contribution < -0.4 is 0 Å². The third-order valence-corrected chi connectivity index (χ3v) is 8.46. The first-order valence-electron chi connectivity index (χ1n) is 13.3. The molecule has 3 aromatic rings. The van der Waals surface area contributed by atoms with Crippen LogP contribution in [0.5, 0.6) is 0 Å². The Morgan fingerprint density at radius 2 is 1.77 bits per heavy atom. The number of para-hydroxylation sites is 1. The van der Waals surface area contributed by atoms with E-state index in [-0.39, 0.29) is 17.0 Å². The van der Waals surface area contributed by atoms with Crippen LogP contribution >= 0.6 is 0 Å². The number of aliphatic hydroxyl groups is 2. The summed E-state index contributed by atoms with van der Waals surface area (Å²) in [4.78, 5) is 6.52. The van der Waals surface area contributed by atoms with Crippen molar-refractivity contribution in [2.24, 2.45) is 5.92 Å². The van der Waals surface area contributed by atoms with E-state index in [2.05, 4.69) is 4.98 Å². The van der Waals surface area contributed by atoms with E-state index in [9.17, 15) is 23.4 Å². The Labute approximate surface area is 224 Å². The number of nitrogens with one attached hydrogen (secondary N) is 1. The molecule has 5 nitrogen and oxygen atoms in total. The molecule has 3 N–H and O–H groups in total. The van der Waals surface area contributed by atoms with Gasteiger partial charge in [0.1, 0.15) is 18.2 Å². The summed E-state index contributed by atoms with van der Waals surface area (Å²) in [5.41, 5.74) is 0.109. The Kier molecular flexibility index (Phi) is 7.52. The summed E-state index contributed by atoms with van der Waals surface area (Å²) in [7, 11) is 0. The molecular formula is C29H34F5N3O2. The molecule has 1 fully saturated rings. The standard InChI is InChI=1S/C29H34F5N3O2/c1-17-10-21-20-6-3-4-7-24(20)35-26(21)27(37(17)15-29(33,34)16-38)25-22(31)11-18(12-23(25)32)28(2,39)19-13-36(14-19)9-5-8-30/h3-4,6-7,11-12,17,19,27,35,38-39H,5,8-10,13-16H2,1-2H3/t17-,27-,28?/m1/s1. The Bertz CT molecular complexity index is 1310. The fraction of sp³-hybridized carbons (Fsp3) is 0.517. The summed E-state index contributed by atoms with van der Waals surface area (Å²) in [6, 6.07) is 7.84. The molecule has 0 saturated carbocycles. The minimum atomic E-state index is -3.48. The molecule has 1 unspecified atom stereocenters. The first-order chi connectivity index (χ1) is 18.5. The molecule has 10 heteroatoms. The number of benzene rings is 2. The fourth-order valence-corrected chi connectivity index (χ4v) is 6.15. The highest BCUT2D eigenvalue weighted by molar-refractivity contribution is 5.85. The molecule has 0 aliphatic carbocycles. The van der Waals surface area contributed by atoms with Crippen LogP contribution in [0.15, 0.2) is 36.4 Å². The van der Waals surface area contributed by atoms with E-state index in [0.717, 1.165) is 28.6 Å². The topological polar surface area (TPSA) is 62.7 Å². The third kappa shape index (κ3) is 5.08. The lowest BCUT2D eigenvalue weighted by molar-refractivity contribution is -0.0870. The summed E-state index contributed by atoms with van der Waals surface area (Å²) in [5, 5.41) is 21.4. The van der Waals surface area contributed by atoms with Crippen LogP contribution in [0.1, 0.15) is 48.7 Å². The van der Waals surface area contributed by atoms with Crippen LogP contribution in [0, 0.1) is 17.6 Å². The van der Waals surface area contributed by atoms with Gasteiger partial charge in [-0.2, -0.15) is 0 Å². The van der Waals surface area contributed by atoms with Gasteiger partial charge in [-0.05, 0) is 56.0 Å². The van der Waals surface area contributed by atoms with Gasteiger partial charge in [-0.3, -0.25) is 9.29 Å². The molecule has 3 atom stereocenters. The number of hydrogen-bond donors (Lipinski definition) is 3. The number of fused-ring (bicyclic) bond motifs is 3. The van der Waals surface area contributed by atoms with Crippen molar-refractivity contribution in [1.82, 2.24) is 14.8 Å².